The smallest absolute Gasteiger partial charge is 0.275 e. The number of benzene rings is 2. The molecule has 4 N–H and O–H groups in total. The highest BCUT2D eigenvalue weighted by Gasteiger charge is 2.52. The lowest BCUT2D eigenvalue weighted by Gasteiger charge is -2.47. The van der Waals surface area contributed by atoms with Crippen molar-refractivity contribution < 1.29 is 14.0 Å². The summed E-state index contributed by atoms with van der Waals surface area (Å²) in [5, 5.41) is 6.85. The van der Waals surface area contributed by atoms with Gasteiger partial charge in [-0.2, -0.15) is 0 Å². The molecule has 0 aromatic heterocycles. The number of nitrogens with one attached hydrogen (secondary N) is 4. The molecule has 1 atom stereocenters. The van der Waals surface area contributed by atoms with Gasteiger partial charge in [0.05, 0.1) is 12.6 Å². The fraction of sp³-hybridized carbons (Fsp3) is 0.529. The third kappa shape index (κ3) is 6.96. The van der Waals surface area contributed by atoms with Crippen LogP contribution in [0.2, 0.25) is 0 Å². The molecule has 0 saturated heterocycles. The highest BCUT2D eigenvalue weighted by atomic mass is 19.1. The van der Waals surface area contributed by atoms with Crippen molar-refractivity contribution in [2.45, 2.75) is 91.8 Å². The minimum Gasteiger partial charge on any atom is -0.345 e. The Morgan fingerprint density at radius 3 is 2.27 bits per heavy atom. The van der Waals surface area contributed by atoms with Crippen LogP contribution in [0.4, 0.5) is 4.39 Å². The number of carbonyl (C=O) groups excluding carboxylic acids is 2. The summed E-state index contributed by atoms with van der Waals surface area (Å²) in [4.78, 5) is 34.6. The monoisotopic (exact) mass is 603 g/mol. The van der Waals surface area contributed by atoms with Crippen molar-refractivity contribution in [3.05, 3.63) is 71.0 Å². The molecule has 1 fully saturated rings. The normalized spacial score (nSPS) is 22.8. The second-order valence-electron chi connectivity index (χ2n) is 14.6. The van der Waals surface area contributed by atoms with Crippen LogP contribution in [0.15, 0.2) is 58.6 Å². The highest BCUT2D eigenvalue weighted by Crippen LogP contribution is 2.50. The molecule has 2 amide bonds. The number of hydrazine groups is 2. The van der Waals surface area contributed by atoms with Gasteiger partial charge in [0.25, 0.3) is 11.8 Å². The van der Waals surface area contributed by atoms with Gasteiger partial charge in [0, 0.05) is 11.1 Å². The number of hydrazone groups is 1. The van der Waals surface area contributed by atoms with Crippen molar-refractivity contribution in [2.75, 3.05) is 6.54 Å². The molecular formula is C34H46FN7O2. The Morgan fingerprint density at radius 1 is 1.05 bits per heavy atom. The van der Waals surface area contributed by atoms with Gasteiger partial charge in [-0.1, -0.05) is 53.7 Å². The first-order valence-corrected chi connectivity index (χ1v) is 15.7. The van der Waals surface area contributed by atoms with Crippen LogP contribution >= 0.6 is 0 Å². The molecule has 1 aliphatic carbocycles. The van der Waals surface area contributed by atoms with Crippen LogP contribution in [0.1, 0.15) is 108 Å². The number of amides is 2. The molecule has 236 valence electrons. The maximum absolute atomic E-state index is 14.5. The van der Waals surface area contributed by atoms with E-state index in [1.807, 2.05) is 29.2 Å². The summed E-state index contributed by atoms with van der Waals surface area (Å²) in [6.45, 7) is 13.7. The van der Waals surface area contributed by atoms with Gasteiger partial charge in [-0.3, -0.25) is 20.0 Å². The van der Waals surface area contributed by atoms with Crippen LogP contribution in [-0.2, 0) is 4.79 Å². The van der Waals surface area contributed by atoms with E-state index in [0.29, 0.717) is 28.6 Å². The Balaban J connectivity index is 1.48. The molecule has 2 aromatic carbocycles. The lowest BCUT2D eigenvalue weighted by Crippen LogP contribution is -2.51. The molecule has 0 radical (unpaired) electrons. The topological polar surface area (TPSA) is 110 Å². The molecule has 0 bridgehead atoms. The molecule has 2 heterocycles. The molecule has 3 aliphatic rings. The standard InChI is InChI=1S/C34H46FN7O2/c1-32(2,3)18-17-27(22-7-9-24(10-8-22)30(43)36-21-28-38-40-41-39-28)42-31(44)29(23-11-13-26(35)14-12-23)37-34(42)19-15-25(16-20-34)33(4,5)6/h7-14,25,27,40-41H,15-21H2,1-6H3,(H,36,43)(H,38,39)/t25?,27-,34?/m1/s1. The van der Waals surface area contributed by atoms with Crippen molar-refractivity contribution in [1.82, 2.24) is 26.7 Å². The molecule has 2 aliphatic heterocycles. The molecule has 9 nitrogen and oxygen atoms in total. The van der Waals surface area contributed by atoms with E-state index in [9.17, 15) is 14.0 Å². The van der Waals surface area contributed by atoms with E-state index in [2.05, 4.69) is 68.5 Å². The minimum atomic E-state index is -0.668. The molecule has 44 heavy (non-hydrogen) atoms. The van der Waals surface area contributed by atoms with Crippen LogP contribution in [0, 0.1) is 22.6 Å². The van der Waals surface area contributed by atoms with E-state index in [-0.39, 0.29) is 41.0 Å². The first-order chi connectivity index (χ1) is 20.8. The van der Waals surface area contributed by atoms with Crippen molar-refractivity contribution in [1.29, 1.82) is 0 Å². The Bertz CT molecular complexity index is 1410. The number of halogens is 1. The van der Waals surface area contributed by atoms with Crippen LogP contribution in [-0.4, -0.2) is 40.5 Å². The number of rotatable bonds is 8. The fourth-order valence-electron chi connectivity index (χ4n) is 6.58. The maximum Gasteiger partial charge on any atom is 0.275 e. The van der Waals surface area contributed by atoms with Crippen molar-refractivity contribution in [3.63, 3.8) is 0 Å². The quantitative estimate of drug-likeness (QED) is 0.314. The summed E-state index contributed by atoms with van der Waals surface area (Å²) >= 11 is 0. The number of hydrogen-bond acceptors (Lipinski definition) is 7. The first kappa shape index (κ1) is 31.6. The minimum absolute atomic E-state index is 0.0548. The predicted octanol–water partition coefficient (Wildman–Crippen LogP) is 5.61. The van der Waals surface area contributed by atoms with E-state index in [4.69, 9.17) is 4.99 Å². The Morgan fingerprint density at radius 2 is 1.70 bits per heavy atom. The zero-order valence-electron chi connectivity index (χ0n) is 26.8. The predicted molar refractivity (Wildman–Crippen MR) is 171 cm³/mol. The van der Waals surface area contributed by atoms with E-state index >= 15 is 0 Å². The number of aliphatic imine (C=N–C) groups is 1. The van der Waals surface area contributed by atoms with Crippen LogP contribution in [0.25, 0.3) is 0 Å². The lowest BCUT2D eigenvalue weighted by atomic mass is 9.69. The summed E-state index contributed by atoms with van der Waals surface area (Å²) in [5.74, 6) is 0.449. The number of amidine groups is 1. The average molecular weight is 604 g/mol. The van der Waals surface area contributed by atoms with E-state index < -0.39 is 5.66 Å². The van der Waals surface area contributed by atoms with Gasteiger partial charge in [-0.25, -0.2) is 9.93 Å². The van der Waals surface area contributed by atoms with Gasteiger partial charge in [0.2, 0.25) is 0 Å². The number of nitrogens with zero attached hydrogens (tertiary/aromatic N) is 3. The Hall–Kier alpha value is -3.79. The third-order valence-electron chi connectivity index (χ3n) is 9.23. The van der Waals surface area contributed by atoms with Crippen molar-refractivity contribution in [3.8, 4) is 0 Å². The summed E-state index contributed by atoms with van der Waals surface area (Å²) in [5.41, 5.74) is 10.1. The third-order valence-corrected chi connectivity index (χ3v) is 9.23. The Labute approximate surface area is 260 Å². The first-order valence-electron chi connectivity index (χ1n) is 15.7. The van der Waals surface area contributed by atoms with Gasteiger partial charge >= 0.3 is 0 Å². The molecular weight excluding hydrogens is 557 g/mol. The van der Waals surface area contributed by atoms with E-state index in [0.717, 1.165) is 44.1 Å². The number of hydrogen-bond donors (Lipinski definition) is 4. The summed E-state index contributed by atoms with van der Waals surface area (Å²) < 4.78 is 13.9. The van der Waals surface area contributed by atoms with Gasteiger partial charge < -0.3 is 10.2 Å². The lowest BCUT2D eigenvalue weighted by molar-refractivity contribution is -0.134. The SMILES string of the molecule is CC(C)(C)CC[C@H](c1ccc(C(=O)NCC2=NNNN2)cc1)N1C(=O)C(c2ccc(F)cc2)=NC12CCC(C(C)(C)C)CC2. The van der Waals surface area contributed by atoms with E-state index in [1.165, 1.54) is 12.1 Å². The number of carbonyl (C=O) groups is 2. The van der Waals surface area contributed by atoms with E-state index in [1.54, 1.807) is 12.1 Å². The van der Waals surface area contributed by atoms with Crippen LogP contribution in [0.3, 0.4) is 0 Å². The second kappa shape index (κ2) is 12.3. The van der Waals surface area contributed by atoms with Crippen molar-refractivity contribution >= 4 is 23.4 Å². The zero-order chi connectivity index (χ0) is 31.7. The molecule has 2 aromatic rings. The highest BCUT2D eigenvalue weighted by molar-refractivity contribution is 6.46. The average Bonchev–Trinajstić information content (AvgIpc) is 3.59. The molecule has 1 spiro atoms. The molecule has 1 saturated carbocycles. The van der Waals surface area contributed by atoms with Crippen LogP contribution in [0.5, 0.6) is 0 Å². The van der Waals surface area contributed by atoms with Gasteiger partial charge in [-0.15, -0.1) is 10.6 Å². The van der Waals surface area contributed by atoms with Crippen LogP contribution < -0.4 is 21.8 Å². The van der Waals surface area contributed by atoms with Gasteiger partial charge in [-0.05, 0) is 97.2 Å². The summed E-state index contributed by atoms with van der Waals surface area (Å²) in [6, 6.07) is 13.4. The molecule has 5 rings (SSSR count). The molecule has 10 heteroatoms. The Kier molecular flexibility index (Phi) is 8.84. The van der Waals surface area contributed by atoms with Gasteiger partial charge in [0.1, 0.15) is 17.2 Å². The fourth-order valence-corrected chi connectivity index (χ4v) is 6.58. The molecule has 0 unspecified atom stereocenters. The maximum atomic E-state index is 14.5. The summed E-state index contributed by atoms with van der Waals surface area (Å²) in [7, 11) is 0. The van der Waals surface area contributed by atoms with Gasteiger partial charge in [0.15, 0.2) is 5.84 Å². The second-order valence-corrected chi connectivity index (χ2v) is 14.6. The van der Waals surface area contributed by atoms with Crippen molar-refractivity contribution in [2.24, 2.45) is 26.8 Å². The largest absolute Gasteiger partial charge is 0.345 e. The zero-order valence-corrected chi connectivity index (χ0v) is 26.8. The summed E-state index contributed by atoms with van der Waals surface area (Å²) in [6.07, 6.45) is 5.16.